The standard InChI is InChI=1S/C30H36N2O2/c1-3-28(30(34)31-26-12-5-6-13-26)32(21-23-17-15-22(2)16-18-23)29(33)20-19-25-11-8-10-24-9-4-7-14-27(24)25/h4,7-11,14-18,26,28H,3,5-6,12-13,19-21H2,1-2H3,(H,31,34). The molecule has 0 saturated heterocycles. The summed E-state index contributed by atoms with van der Waals surface area (Å²) in [5.74, 6) is 0.0157. The summed E-state index contributed by atoms with van der Waals surface area (Å²) < 4.78 is 0. The van der Waals surface area contributed by atoms with Crippen molar-refractivity contribution in [1.29, 1.82) is 0 Å². The molecule has 1 saturated carbocycles. The molecule has 3 aromatic rings. The highest BCUT2D eigenvalue weighted by molar-refractivity contribution is 5.89. The molecule has 4 heteroatoms. The maximum Gasteiger partial charge on any atom is 0.243 e. The van der Waals surface area contributed by atoms with Crippen molar-refractivity contribution in [2.45, 2.75) is 77.4 Å². The smallest absolute Gasteiger partial charge is 0.243 e. The first kappa shape index (κ1) is 24.0. The second-order valence-corrected chi connectivity index (χ2v) is 9.56. The number of aryl methyl sites for hydroxylation is 2. The Morgan fingerprint density at radius 1 is 0.971 bits per heavy atom. The summed E-state index contributed by atoms with van der Waals surface area (Å²) in [6.45, 7) is 4.51. The van der Waals surface area contributed by atoms with Gasteiger partial charge in [-0.05, 0) is 54.5 Å². The molecule has 34 heavy (non-hydrogen) atoms. The summed E-state index contributed by atoms with van der Waals surface area (Å²) in [5, 5.41) is 5.60. The zero-order valence-corrected chi connectivity index (χ0v) is 20.4. The molecule has 1 atom stereocenters. The Morgan fingerprint density at radius 3 is 2.41 bits per heavy atom. The van der Waals surface area contributed by atoms with Gasteiger partial charge in [0.2, 0.25) is 11.8 Å². The SMILES string of the molecule is CCC(C(=O)NC1CCCC1)N(Cc1ccc(C)cc1)C(=O)CCc1cccc2ccccc12. The third-order valence-corrected chi connectivity index (χ3v) is 7.05. The monoisotopic (exact) mass is 456 g/mol. The van der Waals surface area contributed by atoms with E-state index >= 15 is 0 Å². The van der Waals surface area contributed by atoms with Gasteiger partial charge in [-0.25, -0.2) is 0 Å². The van der Waals surface area contributed by atoms with E-state index in [9.17, 15) is 9.59 Å². The number of nitrogens with one attached hydrogen (secondary N) is 1. The quantitative estimate of drug-likeness (QED) is 0.433. The van der Waals surface area contributed by atoms with Crippen LogP contribution in [0.1, 0.15) is 62.1 Å². The molecule has 178 valence electrons. The minimum absolute atomic E-state index is 0.0139. The van der Waals surface area contributed by atoms with Crippen LogP contribution in [-0.2, 0) is 22.6 Å². The van der Waals surface area contributed by atoms with Crippen molar-refractivity contribution in [2.24, 2.45) is 0 Å². The first-order valence-corrected chi connectivity index (χ1v) is 12.7. The fourth-order valence-electron chi connectivity index (χ4n) is 5.07. The van der Waals surface area contributed by atoms with Crippen molar-refractivity contribution in [2.75, 3.05) is 0 Å². The number of carbonyl (C=O) groups is 2. The van der Waals surface area contributed by atoms with E-state index in [0.717, 1.165) is 18.4 Å². The molecule has 0 heterocycles. The minimum Gasteiger partial charge on any atom is -0.352 e. The van der Waals surface area contributed by atoms with Gasteiger partial charge in [-0.3, -0.25) is 9.59 Å². The highest BCUT2D eigenvalue weighted by atomic mass is 16.2. The van der Waals surface area contributed by atoms with Gasteiger partial charge >= 0.3 is 0 Å². The molecule has 1 unspecified atom stereocenters. The van der Waals surface area contributed by atoms with Gasteiger partial charge in [-0.15, -0.1) is 0 Å². The number of nitrogens with zero attached hydrogens (tertiary/aromatic N) is 1. The van der Waals surface area contributed by atoms with Crippen LogP contribution in [0.5, 0.6) is 0 Å². The molecule has 1 fully saturated rings. The lowest BCUT2D eigenvalue weighted by atomic mass is 10.00. The van der Waals surface area contributed by atoms with Crippen LogP contribution in [0.15, 0.2) is 66.7 Å². The van der Waals surface area contributed by atoms with Crippen molar-refractivity contribution in [3.63, 3.8) is 0 Å². The Balaban J connectivity index is 1.53. The zero-order valence-electron chi connectivity index (χ0n) is 20.4. The van der Waals surface area contributed by atoms with E-state index in [1.165, 1.54) is 34.7 Å². The Bertz CT molecular complexity index is 1110. The topological polar surface area (TPSA) is 49.4 Å². The van der Waals surface area contributed by atoms with Gasteiger partial charge in [0.1, 0.15) is 6.04 Å². The van der Waals surface area contributed by atoms with Gasteiger partial charge in [-0.1, -0.05) is 92.1 Å². The lowest BCUT2D eigenvalue weighted by Gasteiger charge is -2.31. The Hall–Kier alpha value is -3.14. The summed E-state index contributed by atoms with van der Waals surface area (Å²) in [6, 6.07) is 22.6. The van der Waals surface area contributed by atoms with Gasteiger partial charge in [-0.2, -0.15) is 0 Å². The zero-order chi connectivity index (χ0) is 23.9. The molecule has 0 aromatic heterocycles. The summed E-state index contributed by atoms with van der Waals surface area (Å²) in [4.78, 5) is 28.7. The first-order chi connectivity index (χ1) is 16.5. The maximum atomic E-state index is 13.6. The van der Waals surface area contributed by atoms with E-state index in [2.05, 4.69) is 66.8 Å². The van der Waals surface area contributed by atoms with Crippen molar-refractivity contribution < 1.29 is 9.59 Å². The van der Waals surface area contributed by atoms with E-state index in [-0.39, 0.29) is 17.9 Å². The molecule has 1 aliphatic carbocycles. The molecule has 3 aromatic carbocycles. The van der Waals surface area contributed by atoms with Crippen LogP contribution in [0.25, 0.3) is 10.8 Å². The third-order valence-electron chi connectivity index (χ3n) is 7.05. The molecule has 0 aliphatic heterocycles. The molecule has 4 nitrogen and oxygen atoms in total. The normalized spacial score (nSPS) is 14.8. The van der Waals surface area contributed by atoms with Gasteiger partial charge in [0.15, 0.2) is 0 Å². The van der Waals surface area contributed by atoms with E-state index < -0.39 is 6.04 Å². The second kappa shape index (κ2) is 11.3. The van der Waals surface area contributed by atoms with E-state index in [4.69, 9.17) is 0 Å². The fraction of sp³-hybridized carbons (Fsp3) is 0.400. The number of fused-ring (bicyclic) bond motifs is 1. The second-order valence-electron chi connectivity index (χ2n) is 9.56. The predicted molar refractivity (Wildman–Crippen MR) is 138 cm³/mol. The number of rotatable bonds is 9. The lowest BCUT2D eigenvalue weighted by Crippen LogP contribution is -2.51. The summed E-state index contributed by atoms with van der Waals surface area (Å²) >= 11 is 0. The van der Waals surface area contributed by atoms with Gasteiger partial charge in [0.05, 0.1) is 0 Å². The highest BCUT2D eigenvalue weighted by Crippen LogP contribution is 2.22. The van der Waals surface area contributed by atoms with Crippen LogP contribution < -0.4 is 5.32 Å². The average Bonchev–Trinajstić information content (AvgIpc) is 3.36. The van der Waals surface area contributed by atoms with Crippen molar-refractivity contribution >= 4 is 22.6 Å². The predicted octanol–water partition coefficient (Wildman–Crippen LogP) is 5.95. The Labute approximate surface area is 203 Å². The molecular formula is C30H36N2O2. The summed E-state index contributed by atoms with van der Waals surface area (Å²) in [5.41, 5.74) is 3.41. The lowest BCUT2D eigenvalue weighted by molar-refractivity contribution is -0.141. The van der Waals surface area contributed by atoms with Crippen molar-refractivity contribution in [3.8, 4) is 0 Å². The average molecular weight is 457 g/mol. The van der Waals surface area contributed by atoms with Crippen molar-refractivity contribution in [1.82, 2.24) is 10.2 Å². The number of hydrogen-bond donors (Lipinski definition) is 1. The number of amides is 2. The Morgan fingerprint density at radius 2 is 1.68 bits per heavy atom. The molecule has 1 N–H and O–H groups in total. The van der Waals surface area contributed by atoms with Gasteiger partial charge in [0, 0.05) is 19.0 Å². The van der Waals surface area contributed by atoms with Gasteiger partial charge < -0.3 is 10.2 Å². The van der Waals surface area contributed by atoms with Crippen LogP contribution in [0, 0.1) is 6.92 Å². The van der Waals surface area contributed by atoms with Crippen molar-refractivity contribution in [3.05, 3.63) is 83.4 Å². The van der Waals surface area contributed by atoms with E-state index in [0.29, 0.717) is 25.8 Å². The largest absolute Gasteiger partial charge is 0.352 e. The number of carbonyl (C=O) groups excluding carboxylic acids is 2. The van der Waals surface area contributed by atoms with Crippen LogP contribution in [0.4, 0.5) is 0 Å². The molecule has 4 rings (SSSR count). The van der Waals surface area contributed by atoms with Crippen LogP contribution in [0.2, 0.25) is 0 Å². The molecular weight excluding hydrogens is 420 g/mol. The van der Waals surface area contributed by atoms with Crippen LogP contribution >= 0.6 is 0 Å². The molecule has 0 bridgehead atoms. The first-order valence-electron chi connectivity index (χ1n) is 12.7. The van der Waals surface area contributed by atoms with E-state index in [1.807, 2.05) is 19.1 Å². The molecule has 1 aliphatic rings. The highest BCUT2D eigenvalue weighted by Gasteiger charge is 2.30. The third kappa shape index (κ3) is 5.85. The fourth-order valence-corrected chi connectivity index (χ4v) is 5.07. The molecule has 0 radical (unpaired) electrons. The van der Waals surface area contributed by atoms with E-state index in [1.54, 1.807) is 4.90 Å². The summed E-state index contributed by atoms with van der Waals surface area (Å²) in [7, 11) is 0. The number of benzene rings is 3. The number of hydrogen-bond acceptors (Lipinski definition) is 2. The van der Waals surface area contributed by atoms with Gasteiger partial charge in [0.25, 0.3) is 0 Å². The maximum absolute atomic E-state index is 13.6. The van der Waals surface area contributed by atoms with Crippen LogP contribution in [-0.4, -0.2) is 28.8 Å². The molecule has 0 spiro atoms. The van der Waals surface area contributed by atoms with Crippen LogP contribution in [0.3, 0.4) is 0 Å². The minimum atomic E-state index is -0.457. The molecule has 2 amide bonds. The summed E-state index contributed by atoms with van der Waals surface area (Å²) in [6.07, 6.45) is 6.05. The Kier molecular flexibility index (Phi) is 7.99.